The molecule has 164 valence electrons. The minimum Gasteiger partial charge on any atom is -0.462 e. The number of carbonyl (C=O) groups excluding carboxylic acids is 2. The van der Waals surface area contributed by atoms with Crippen molar-refractivity contribution in [2.24, 2.45) is 5.92 Å². The Hall–Kier alpha value is -1.84. The van der Waals surface area contributed by atoms with Crippen molar-refractivity contribution in [3.05, 3.63) is 35.4 Å². The molecule has 0 saturated carbocycles. The van der Waals surface area contributed by atoms with E-state index in [1.54, 1.807) is 24.3 Å². The Morgan fingerprint density at radius 2 is 1.31 bits per heavy atom. The summed E-state index contributed by atoms with van der Waals surface area (Å²) >= 11 is 0. The normalized spacial score (nSPS) is 11.8. The maximum Gasteiger partial charge on any atom is 0.338 e. The van der Waals surface area contributed by atoms with Crippen LogP contribution in [0.25, 0.3) is 0 Å². The first-order valence-electron chi connectivity index (χ1n) is 11.5. The summed E-state index contributed by atoms with van der Waals surface area (Å²) in [4.78, 5) is 24.3. The predicted octanol–water partition coefficient (Wildman–Crippen LogP) is 6.97. The summed E-state index contributed by atoms with van der Waals surface area (Å²) in [5.41, 5.74) is 0.789. The van der Waals surface area contributed by atoms with Gasteiger partial charge in [-0.1, -0.05) is 91.0 Å². The summed E-state index contributed by atoms with van der Waals surface area (Å²) < 4.78 is 10.7. The summed E-state index contributed by atoms with van der Waals surface area (Å²) in [5, 5.41) is 0. The van der Waals surface area contributed by atoms with Crippen molar-refractivity contribution in [1.29, 1.82) is 0 Å². The Morgan fingerprint density at radius 3 is 1.86 bits per heavy atom. The monoisotopic (exact) mass is 404 g/mol. The Bertz CT molecular complexity index is 582. The average molecular weight is 405 g/mol. The molecule has 1 rings (SSSR count). The van der Waals surface area contributed by atoms with Crippen molar-refractivity contribution in [3.8, 4) is 0 Å². The zero-order chi connectivity index (χ0) is 21.3. The molecule has 0 bridgehead atoms. The number of unbranched alkanes of at least 4 members (excludes halogenated alkanes) is 9. The van der Waals surface area contributed by atoms with Gasteiger partial charge < -0.3 is 9.47 Å². The van der Waals surface area contributed by atoms with Crippen LogP contribution in [0, 0.1) is 5.92 Å². The van der Waals surface area contributed by atoms with Gasteiger partial charge in [0.1, 0.15) is 0 Å². The quantitative estimate of drug-likeness (QED) is 0.220. The van der Waals surface area contributed by atoms with Gasteiger partial charge >= 0.3 is 11.9 Å². The molecule has 0 N–H and O–H groups in total. The second-order valence-corrected chi connectivity index (χ2v) is 8.01. The fourth-order valence-electron chi connectivity index (χ4n) is 3.03. The number of ether oxygens (including phenoxy) is 2. The van der Waals surface area contributed by atoms with Crippen molar-refractivity contribution in [2.45, 2.75) is 91.4 Å². The highest BCUT2D eigenvalue weighted by Crippen LogP contribution is 2.12. The van der Waals surface area contributed by atoms with Crippen molar-refractivity contribution in [1.82, 2.24) is 0 Å². The van der Waals surface area contributed by atoms with Crippen LogP contribution in [-0.4, -0.2) is 25.2 Å². The van der Waals surface area contributed by atoms with Crippen molar-refractivity contribution in [3.63, 3.8) is 0 Å². The molecule has 0 aliphatic rings. The van der Waals surface area contributed by atoms with Crippen LogP contribution in [0.5, 0.6) is 0 Å². The maximum absolute atomic E-state index is 12.2. The Labute approximate surface area is 177 Å². The summed E-state index contributed by atoms with van der Waals surface area (Å²) in [6.07, 6.45) is 13.4. The van der Waals surface area contributed by atoms with E-state index in [0.717, 1.165) is 19.3 Å². The summed E-state index contributed by atoms with van der Waals surface area (Å²) in [7, 11) is 0. The lowest BCUT2D eigenvalue weighted by atomic mass is 10.1. The molecule has 1 unspecified atom stereocenters. The fraction of sp³-hybridized carbons (Fsp3) is 0.680. The molecule has 0 aliphatic carbocycles. The van der Waals surface area contributed by atoms with Gasteiger partial charge in [-0.2, -0.15) is 0 Å². The first-order chi connectivity index (χ1) is 14.1. The molecular formula is C25H40O4. The molecule has 0 aromatic heterocycles. The molecule has 29 heavy (non-hydrogen) atoms. The number of benzene rings is 1. The second kappa shape index (κ2) is 16.0. The smallest absolute Gasteiger partial charge is 0.338 e. The van der Waals surface area contributed by atoms with Crippen molar-refractivity contribution >= 4 is 11.9 Å². The number of hydrogen-bond donors (Lipinski definition) is 0. The molecule has 0 fully saturated rings. The Morgan fingerprint density at radius 1 is 0.793 bits per heavy atom. The lowest BCUT2D eigenvalue weighted by Gasteiger charge is -2.10. The van der Waals surface area contributed by atoms with Gasteiger partial charge in [-0.15, -0.1) is 0 Å². The molecule has 0 amide bonds. The molecule has 1 aromatic rings. The number of hydrogen-bond acceptors (Lipinski definition) is 4. The van der Waals surface area contributed by atoms with Gasteiger partial charge in [0.05, 0.1) is 24.3 Å². The molecule has 0 heterocycles. The third-order valence-electron chi connectivity index (χ3n) is 5.26. The third kappa shape index (κ3) is 11.7. The van der Waals surface area contributed by atoms with Crippen LogP contribution in [0.4, 0.5) is 0 Å². The zero-order valence-corrected chi connectivity index (χ0v) is 18.7. The van der Waals surface area contributed by atoms with Gasteiger partial charge in [0.25, 0.3) is 0 Å². The van der Waals surface area contributed by atoms with E-state index < -0.39 is 5.97 Å². The van der Waals surface area contributed by atoms with Gasteiger partial charge in [-0.05, 0) is 30.5 Å². The van der Waals surface area contributed by atoms with E-state index in [2.05, 4.69) is 13.8 Å². The van der Waals surface area contributed by atoms with E-state index in [1.165, 1.54) is 51.4 Å². The SMILES string of the molecule is CCCCCCCCCCCCOC(=O)c1cccc(C(=O)OCC(C)CC)c1. The van der Waals surface area contributed by atoms with Crippen molar-refractivity contribution in [2.75, 3.05) is 13.2 Å². The predicted molar refractivity (Wildman–Crippen MR) is 118 cm³/mol. The van der Waals surface area contributed by atoms with E-state index >= 15 is 0 Å². The first-order valence-corrected chi connectivity index (χ1v) is 11.5. The van der Waals surface area contributed by atoms with E-state index in [0.29, 0.717) is 30.3 Å². The molecule has 4 heteroatoms. The summed E-state index contributed by atoms with van der Waals surface area (Å²) in [6.45, 7) is 7.16. The fourth-order valence-corrected chi connectivity index (χ4v) is 3.03. The van der Waals surface area contributed by atoms with E-state index in [9.17, 15) is 9.59 Å². The van der Waals surface area contributed by atoms with Gasteiger partial charge in [0.2, 0.25) is 0 Å². The largest absolute Gasteiger partial charge is 0.462 e. The highest BCUT2D eigenvalue weighted by molar-refractivity contribution is 5.95. The van der Waals surface area contributed by atoms with Gasteiger partial charge in [-0.25, -0.2) is 9.59 Å². The number of rotatable bonds is 16. The van der Waals surface area contributed by atoms with Crippen LogP contribution in [0.3, 0.4) is 0 Å². The molecule has 4 nitrogen and oxygen atoms in total. The van der Waals surface area contributed by atoms with E-state index in [1.807, 2.05) is 6.92 Å². The highest BCUT2D eigenvalue weighted by atomic mass is 16.5. The first kappa shape index (κ1) is 25.2. The minimum atomic E-state index is -0.394. The summed E-state index contributed by atoms with van der Waals surface area (Å²) in [6, 6.07) is 6.58. The Kier molecular flexibility index (Phi) is 13.9. The maximum atomic E-state index is 12.2. The van der Waals surface area contributed by atoms with E-state index in [-0.39, 0.29) is 5.97 Å². The van der Waals surface area contributed by atoms with Crippen LogP contribution in [-0.2, 0) is 9.47 Å². The minimum absolute atomic E-state index is 0.327. The van der Waals surface area contributed by atoms with Crippen molar-refractivity contribution < 1.29 is 19.1 Å². The molecule has 0 saturated heterocycles. The molecule has 0 radical (unpaired) electrons. The standard InChI is InChI=1S/C25H40O4/c1-4-6-7-8-9-10-11-12-13-14-18-28-24(26)22-16-15-17-23(19-22)25(27)29-20-21(3)5-2/h15-17,19,21H,4-14,18,20H2,1-3H3. The van der Waals surface area contributed by atoms with Gasteiger partial charge in [-0.3, -0.25) is 0 Å². The van der Waals surface area contributed by atoms with Crippen LogP contribution in [0.1, 0.15) is 112 Å². The zero-order valence-electron chi connectivity index (χ0n) is 18.7. The van der Waals surface area contributed by atoms with Gasteiger partial charge in [0.15, 0.2) is 0 Å². The van der Waals surface area contributed by atoms with Gasteiger partial charge in [0, 0.05) is 0 Å². The molecule has 1 aromatic carbocycles. The molecule has 0 spiro atoms. The van der Waals surface area contributed by atoms with Crippen LogP contribution < -0.4 is 0 Å². The Balaban J connectivity index is 2.20. The number of carbonyl (C=O) groups is 2. The molecule has 1 atom stereocenters. The van der Waals surface area contributed by atoms with E-state index in [4.69, 9.17) is 9.47 Å². The van der Waals surface area contributed by atoms with Crippen LogP contribution in [0.15, 0.2) is 24.3 Å². The second-order valence-electron chi connectivity index (χ2n) is 8.01. The highest BCUT2D eigenvalue weighted by Gasteiger charge is 2.13. The van der Waals surface area contributed by atoms with Crippen LogP contribution >= 0.6 is 0 Å². The molecular weight excluding hydrogens is 364 g/mol. The summed E-state index contributed by atoms with van der Waals surface area (Å²) in [5.74, 6) is -0.444. The lowest BCUT2D eigenvalue weighted by molar-refractivity contribution is 0.0447. The average Bonchev–Trinajstić information content (AvgIpc) is 2.75. The topological polar surface area (TPSA) is 52.6 Å². The lowest BCUT2D eigenvalue weighted by Crippen LogP contribution is -2.13. The third-order valence-corrected chi connectivity index (χ3v) is 5.26. The number of esters is 2. The molecule has 0 aliphatic heterocycles. The van der Waals surface area contributed by atoms with Crippen LogP contribution in [0.2, 0.25) is 0 Å².